The molecule has 0 aromatic rings. The van der Waals surface area contributed by atoms with Gasteiger partial charge in [-0.3, -0.25) is 0 Å². The Labute approximate surface area is 101 Å². The van der Waals surface area contributed by atoms with Crippen molar-refractivity contribution in [1.29, 1.82) is 0 Å². The highest BCUT2D eigenvalue weighted by Crippen LogP contribution is 2.31. The van der Waals surface area contributed by atoms with E-state index in [9.17, 15) is 8.42 Å². The molecule has 2 N–H and O–H groups in total. The molecular formula is C9H16N2O3S2. The molecule has 16 heavy (non-hydrogen) atoms. The van der Waals surface area contributed by atoms with Crippen LogP contribution in [0.1, 0.15) is 19.3 Å². The van der Waals surface area contributed by atoms with Crippen LogP contribution in [0, 0.1) is 0 Å². The Kier molecular flexibility index (Phi) is 3.48. The summed E-state index contributed by atoms with van der Waals surface area (Å²) in [6.45, 7) is 0.893. The van der Waals surface area contributed by atoms with Crippen LogP contribution in [-0.4, -0.2) is 48.8 Å². The lowest BCUT2D eigenvalue weighted by Gasteiger charge is -2.36. The van der Waals surface area contributed by atoms with Gasteiger partial charge < -0.3 is 10.5 Å². The van der Waals surface area contributed by atoms with Gasteiger partial charge in [-0.15, -0.1) is 0 Å². The van der Waals surface area contributed by atoms with Gasteiger partial charge in [0.15, 0.2) is 0 Å². The number of sulfonamides is 1. The van der Waals surface area contributed by atoms with E-state index in [0.717, 1.165) is 19.3 Å². The molecule has 5 nitrogen and oxygen atoms in total. The monoisotopic (exact) mass is 264 g/mol. The highest BCUT2D eigenvalue weighted by atomic mass is 32.2. The molecule has 0 bridgehead atoms. The van der Waals surface area contributed by atoms with Gasteiger partial charge >= 0.3 is 0 Å². The minimum Gasteiger partial charge on any atom is -0.392 e. The van der Waals surface area contributed by atoms with Gasteiger partial charge in [0.25, 0.3) is 0 Å². The highest BCUT2D eigenvalue weighted by molar-refractivity contribution is 7.92. The quantitative estimate of drug-likeness (QED) is 0.718. The lowest BCUT2D eigenvalue weighted by Crippen LogP contribution is -2.52. The molecule has 0 aromatic carbocycles. The normalized spacial score (nSPS) is 31.2. The predicted octanol–water partition coefficient (Wildman–Crippen LogP) is -0.144. The van der Waals surface area contributed by atoms with E-state index < -0.39 is 10.0 Å². The summed E-state index contributed by atoms with van der Waals surface area (Å²) in [5.41, 5.74) is 5.32. The topological polar surface area (TPSA) is 72.6 Å². The number of hydrogen-bond acceptors (Lipinski definition) is 4. The van der Waals surface area contributed by atoms with Gasteiger partial charge in [0.05, 0.1) is 23.7 Å². The zero-order chi connectivity index (χ0) is 11.8. The maximum atomic E-state index is 12.0. The SMILES string of the molecule is NC(=S)CS(=O)(=O)N1CCOC2CCCC21. The standard InChI is InChI=1S/C9H16N2O3S2/c10-9(15)6-16(12,13)11-4-5-14-8-3-1-2-7(8)11/h7-8H,1-6H2,(H2,10,15). The van der Waals surface area contributed by atoms with Crippen molar-refractivity contribution < 1.29 is 13.2 Å². The van der Waals surface area contributed by atoms with Gasteiger partial charge in [0.1, 0.15) is 5.75 Å². The molecule has 0 spiro atoms. The molecule has 0 amide bonds. The van der Waals surface area contributed by atoms with E-state index in [-0.39, 0.29) is 22.9 Å². The van der Waals surface area contributed by atoms with Crippen LogP contribution >= 0.6 is 12.2 Å². The Morgan fingerprint density at radius 2 is 2.25 bits per heavy atom. The van der Waals surface area contributed by atoms with Crippen molar-refractivity contribution in [3.05, 3.63) is 0 Å². The molecule has 1 saturated heterocycles. The van der Waals surface area contributed by atoms with Crippen molar-refractivity contribution in [2.45, 2.75) is 31.4 Å². The first-order valence-corrected chi connectivity index (χ1v) is 7.42. The van der Waals surface area contributed by atoms with Gasteiger partial charge in [-0.25, -0.2) is 8.42 Å². The van der Waals surface area contributed by atoms with E-state index >= 15 is 0 Å². The van der Waals surface area contributed by atoms with Crippen LogP contribution in [0.5, 0.6) is 0 Å². The van der Waals surface area contributed by atoms with Gasteiger partial charge in [0, 0.05) is 6.54 Å². The Morgan fingerprint density at radius 3 is 2.94 bits per heavy atom. The molecule has 2 atom stereocenters. The van der Waals surface area contributed by atoms with Gasteiger partial charge in [-0.2, -0.15) is 4.31 Å². The summed E-state index contributed by atoms with van der Waals surface area (Å²) < 4.78 is 31.2. The first-order chi connectivity index (χ1) is 7.50. The number of morpholine rings is 1. The maximum Gasteiger partial charge on any atom is 0.221 e. The summed E-state index contributed by atoms with van der Waals surface area (Å²) in [6, 6.07) is -0.00639. The molecule has 1 aliphatic carbocycles. The van der Waals surface area contributed by atoms with E-state index in [1.807, 2.05) is 0 Å². The molecular weight excluding hydrogens is 248 g/mol. The van der Waals surface area contributed by atoms with Gasteiger partial charge in [-0.05, 0) is 19.3 Å². The lowest BCUT2D eigenvalue weighted by atomic mass is 10.2. The molecule has 0 radical (unpaired) electrons. The summed E-state index contributed by atoms with van der Waals surface area (Å²) in [4.78, 5) is 0.0287. The minimum atomic E-state index is -3.35. The Balaban J connectivity index is 2.16. The highest BCUT2D eigenvalue weighted by Gasteiger charge is 2.41. The van der Waals surface area contributed by atoms with Crippen molar-refractivity contribution in [3.8, 4) is 0 Å². The number of rotatable bonds is 3. The molecule has 2 fully saturated rings. The third-order valence-corrected chi connectivity index (χ3v) is 5.28. The van der Waals surface area contributed by atoms with Crippen LogP contribution in [0.2, 0.25) is 0 Å². The first kappa shape index (κ1) is 12.2. The third kappa shape index (κ3) is 2.37. The molecule has 2 aliphatic rings. The summed E-state index contributed by atoms with van der Waals surface area (Å²) in [7, 11) is -3.35. The molecule has 2 rings (SSSR count). The second-order valence-electron chi connectivity index (χ2n) is 4.24. The molecule has 92 valence electrons. The van der Waals surface area contributed by atoms with Gasteiger partial charge in [-0.1, -0.05) is 12.2 Å². The second kappa shape index (κ2) is 4.56. The van der Waals surface area contributed by atoms with Crippen LogP contribution in [0.25, 0.3) is 0 Å². The molecule has 1 heterocycles. The average Bonchev–Trinajstić information content (AvgIpc) is 2.62. The lowest BCUT2D eigenvalue weighted by molar-refractivity contribution is -0.0240. The Hall–Kier alpha value is -0.240. The summed E-state index contributed by atoms with van der Waals surface area (Å²) in [5, 5.41) is 0. The molecule has 0 aromatic heterocycles. The molecule has 7 heteroatoms. The minimum absolute atomic E-state index is 0.00639. The average molecular weight is 264 g/mol. The number of nitrogens with zero attached hydrogens (tertiary/aromatic N) is 1. The number of thiocarbonyl (C=S) groups is 1. The third-order valence-electron chi connectivity index (χ3n) is 3.11. The number of nitrogens with two attached hydrogens (primary N) is 1. The predicted molar refractivity (Wildman–Crippen MR) is 64.7 cm³/mol. The van der Waals surface area contributed by atoms with E-state index in [2.05, 4.69) is 12.2 Å². The van der Waals surface area contributed by atoms with Crippen LogP contribution in [0.15, 0.2) is 0 Å². The number of hydrogen-bond donors (Lipinski definition) is 1. The van der Waals surface area contributed by atoms with Crippen LogP contribution in [0.4, 0.5) is 0 Å². The van der Waals surface area contributed by atoms with Crippen LogP contribution in [-0.2, 0) is 14.8 Å². The van der Waals surface area contributed by atoms with Crippen molar-refractivity contribution >= 4 is 27.2 Å². The smallest absolute Gasteiger partial charge is 0.221 e. The van der Waals surface area contributed by atoms with Crippen molar-refractivity contribution in [2.24, 2.45) is 5.73 Å². The fraction of sp³-hybridized carbons (Fsp3) is 0.889. The van der Waals surface area contributed by atoms with Crippen molar-refractivity contribution in [3.63, 3.8) is 0 Å². The number of fused-ring (bicyclic) bond motifs is 1. The van der Waals surface area contributed by atoms with Crippen molar-refractivity contribution in [2.75, 3.05) is 18.9 Å². The summed E-state index contributed by atoms with van der Waals surface area (Å²) >= 11 is 4.67. The molecule has 1 aliphatic heterocycles. The van der Waals surface area contributed by atoms with Gasteiger partial charge in [0.2, 0.25) is 10.0 Å². The largest absolute Gasteiger partial charge is 0.392 e. The fourth-order valence-electron chi connectivity index (χ4n) is 2.50. The number of ether oxygens (including phenoxy) is 1. The van der Waals surface area contributed by atoms with Crippen molar-refractivity contribution in [1.82, 2.24) is 4.31 Å². The zero-order valence-corrected chi connectivity index (χ0v) is 10.6. The summed E-state index contributed by atoms with van der Waals surface area (Å²) in [6.07, 6.45) is 2.91. The Bertz CT molecular complexity index is 382. The maximum absolute atomic E-state index is 12.0. The second-order valence-corrected chi connectivity index (χ2v) is 6.69. The molecule has 2 unspecified atom stereocenters. The zero-order valence-electron chi connectivity index (χ0n) is 8.96. The van der Waals surface area contributed by atoms with E-state index in [0.29, 0.717) is 13.2 Å². The Morgan fingerprint density at radius 1 is 1.50 bits per heavy atom. The van der Waals surface area contributed by atoms with Crippen LogP contribution < -0.4 is 5.73 Å². The van der Waals surface area contributed by atoms with Crippen LogP contribution in [0.3, 0.4) is 0 Å². The fourth-order valence-corrected chi connectivity index (χ4v) is 4.48. The van der Waals surface area contributed by atoms with E-state index in [4.69, 9.17) is 10.5 Å². The molecule has 1 saturated carbocycles. The van der Waals surface area contributed by atoms with E-state index in [1.165, 1.54) is 4.31 Å². The van der Waals surface area contributed by atoms with E-state index in [1.54, 1.807) is 0 Å². The summed E-state index contributed by atoms with van der Waals surface area (Å²) in [5.74, 6) is -0.231. The first-order valence-electron chi connectivity index (χ1n) is 5.40.